The molecule has 1 aromatic heterocycles. The van der Waals surface area contributed by atoms with Crippen molar-refractivity contribution in [2.45, 2.75) is 19.8 Å². The number of aryl methyl sites for hydroxylation is 2. The molecule has 1 aromatic rings. The smallest absolute Gasteiger partial charge is 0.220 e. The number of amides is 1. The van der Waals surface area contributed by atoms with E-state index in [1.807, 2.05) is 26.1 Å². The first-order valence-electron chi connectivity index (χ1n) is 5.01. The molecule has 0 aliphatic rings. The Bertz CT molecular complexity index is 350. The summed E-state index contributed by atoms with van der Waals surface area (Å²) in [5.74, 6) is 0.914. The standard InChI is InChI=1S/C11H17N3O/c1-8-6-9(4-5-11(15)13-3)7-10(12-2)14-8/h6-7H,4-5H2,1-3H3,(H,12,14)(H,13,15). The molecule has 1 rings (SSSR count). The fourth-order valence-electron chi connectivity index (χ4n) is 1.40. The lowest BCUT2D eigenvalue weighted by atomic mass is 10.1. The summed E-state index contributed by atoms with van der Waals surface area (Å²) in [4.78, 5) is 15.4. The van der Waals surface area contributed by atoms with Gasteiger partial charge in [0.15, 0.2) is 0 Å². The van der Waals surface area contributed by atoms with E-state index in [1.54, 1.807) is 7.05 Å². The zero-order chi connectivity index (χ0) is 11.3. The zero-order valence-electron chi connectivity index (χ0n) is 9.42. The second kappa shape index (κ2) is 5.34. The number of nitrogens with one attached hydrogen (secondary N) is 2. The molecule has 0 aliphatic carbocycles. The first kappa shape index (κ1) is 11.5. The van der Waals surface area contributed by atoms with Gasteiger partial charge in [0.1, 0.15) is 5.82 Å². The number of anilines is 1. The lowest BCUT2D eigenvalue weighted by molar-refractivity contribution is -0.120. The van der Waals surface area contributed by atoms with Gasteiger partial charge in [0, 0.05) is 26.2 Å². The lowest BCUT2D eigenvalue weighted by Crippen LogP contribution is -2.18. The first-order valence-corrected chi connectivity index (χ1v) is 5.01. The molecule has 0 fully saturated rings. The van der Waals surface area contributed by atoms with Crippen LogP contribution in [0.2, 0.25) is 0 Å². The highest BCUT2D eigenvalue weighted by Crippen LogP contribution is 2.11. The van der Waals surface area contributed by atoms with Crippen molar-refractivity contribution in [1.29, 1.82) is 0 Å². The van der Waals surface area contributed by atoms with Crippen LogP contribution in [0.3, 0.4) is 0 Å². The van der Waals surface area contributed by atoms with Gasteiger partial charge >= 0.3 is 0 Å². The predicted octanol–water partition coefficient (Wildman–Crippen LogP) is 1.11. The van der Waals surface area contributed by atoms with Gasteiger partial charge in [-0.15, -0.1) is 0 Å². The van der Waals surface area contributed by atoms with Gasteiger partial charge in [-0.2, -0.15) is 0 Å². The van der Waals surface area contributed by atoms with E-state index < -0.39 is 0 Å². The maximum Gasteiger partial charge on any atom is 0.220 e. The number of carbonyl (C=O) groups excluding carboxylic acids is 1. The molecule has 1 amide bonds. The molecule has 15 heavy (non-hydrogen) atoms. The van der Waals surface area contributed by atoms with E-state index >= 15 is 0 Å². The van der Waals surface area contributed by atoms with Gasteiger partial charge in [-0.3, -0.25) is 4.79 Å². The molecular formula is C11H17N3O. The fraction of sp³-hybridized carbons (Fsp3) is 0.455. The van der Waals surface area contributed by atoms with Crippen LogP contribution in [0.15, 0.2) is 12.1 Å². The SMILES string of the molecule is CNC(=O)CCc1cc(C)nc(NC)c1. The third-order valence-electron chi connectivity index (χ3n) is 2.19. The summed E-state index contributed by atoms with van der Waals surface area (Å²) >= 11 is 0. The number of pyridine rings is 1. The van der Waals surface area contributed by atoms with Crippen LogP contribution in [0, 0.1) is 6.92 Å². The quantitative estimate of drug-likeness (QED) is 0.777. The van der Waals surface area contributed by atoms with Crippen molar-refractivity contribution < 1.29 is 4.79 Å². The Morgan fingerprint density at radius 1 is 1.40 bits per heavy atom. The van der Waals surface area contributed by atoms with E-state index in [9.17, 15) is 4.79 Å². The molecule has 82 valence electrons. The zero-order valence-corrected chi connectivity index (χ0v) is 9.42. The van der Waals surface area contributed by atoms with Gasteiger partial charge in [0.2, 0.25) is 5.91 Å². The van der Waals surface area contributed by atoms with Crippen LogP contribution in [0.25, 0.3) is 0 Å². The number of carbonyl (C=O) groups is 1. The second-order valence-electron chi connectivity index (χ2n) is 3.43. The third-order valence-corrected chi connectivity index (χ3v) is 2.19. The van der Waals surface area contributed by atoms with Gasteiger partial charge in [-0.05, 0) is 31.0 Å². The van der Waals surface area contributed by atoms with Gasteiger partial charge in [-0.1, -0.05) is 0 Å². The topological polar surface area (TPSA) is 54.0 Å². The largest absolute Gasteiger partial charge is 0.373 e. The fourth-order valence-corrected chi connectivity index (χ4v) is 1.40. The average Bonchev–Trinajstić information content (AvgIpc) is 2.25. The van der Waals surface area contributed by atoms with Gasteiger partial charge in [0.25, 0.3) is 0 Å². The highest BCUT2D eigenvalue weighted by atomic mass is 16.1. The van der Waals surface area contributed by atoms with Gasteiger partial charge in [-0.25, -0.2) is 4.98 Å². The molecule has 0 aromatic carbocycles. The van der Waals surface area contributed by atoms with Crippen molar-refractivity contribution in [3.63, 3.8) is 0 Å². The number of hydrogen-bond donors (Lipinski definition) is 2. The van der Waals surface area contributed by atoms with E-state index in [2.05, 4.69) is 15.6 Å². The minimum absolute atomic E-state index is 0.0653. The molecule has 4 nitrogen and oxygen atoms in total. The van der Waals surface area contributed by atoms with Crippen LogP contribution >= 0.6 is 0 Å². The molecule has 0 radical (unpaired) electrons. The van der Waals surface area contributed by atoms with Crippen LogP contribution in [-0.2, 0) is 11.2 Å². The van der Waals surface area contributed by atoms with Crippen LogP contribution in [0.4, 0.5) is 5.82 Å². The highest BCUT2D eigenvalue weighted by molar-refractivity contribution is 5.75. The molecule has 0 unspecified atom stereocenters. The molecule has 0 saturated carbocycles. The Hall–Kier alpha value is -1.58. The van der Waals surface area contributed by atoms with E-state index in [1.165, 1.54) is 0 Å². The molecule has 0 spiro atoms. The Balaban J connectivity index is 2.68. The number of hydrogen-bond acceptors (Lipinski definition) is 3. The highest BCUT2D eigenvalue weighted by Gasteiger charge is 2.02. The lowest BCUT2D eigenvalue weighted by Gasteiger charge is -2.05. The summed E-state index contributed by atoms with van der Waals surface area (Å²) in [5, 5.41) is 5.61. The third kappa shape index (κ3) is 3.58. The summed E-state index contributed by atoms with van der Waals surface area (Å²) in [6.45, 7) is 1.95. The summed E-state index contributed by atoms with van der Waals surface area (Å²) < 4.78 is 0. The molecule has 1 heterocycles. The van der Waals surface area contributed by atoms with Crippen molar-refractivity contribution in [3.05, 3.63) is 23.4 Å². The van der Waals surface area contributed by atoms with E-state index in [4.69, 9.17) is 0 Å². The van der Waals surface area contributed by atoms with Crippen molar-refractivity contribution >= 4 is 11.7 Å². The van der Waals surface area contributed by atoms with Crippen LogP contribution in [0.5, 0.6) is 0 Å². The van der Waals surface area contributed by atoms with Gasteiger partial charge < -0.3 is 10.6 Å². The summed E-state index contributed by atoms with van der Waals surface area (Å²) in [6, 6.07) is 3.97. The monoisotopic (exact) mass is 207 g/mol. The minimum atomic E-state index is 0.0653. The van der Waals surface area contributed by atoms with E-state index in [-0.39, 0.29) is 5.91 Å². The molecule has 2 N–H and O–H groups in total. The Labute approximate surface area is 90.1 Å². The van der Waals surface area contributed by atoms with Crippen molar-refractivity contribution in [2.24, 2.45) is 0 Å². The maximum absolute atomic E-state index is 11.1. The Morgan fingerprint density at radius 2 is 2.13 bits per heavy atom. The molecule has 0 atom stereocenters. The van der Waals surface area contributed by atoms with Crippen molar-refractivity contribution in [1.82, 2.24) is 10.3 Å². The number of aromatic nitrogens is 1. The molecule has 0 bridgehead atoms. The predicted molar refractivity (Wildman–Crippen MR) is 60.9 cm³/mol. The molecule has 0 aliphatic heterocycles. The Kier molecular flexibility index (Phi) is 4.09. The Morgan fingerprint density at radius 3 is 2.73 bits per heavy atom. The van der Waals surface area contributed by atoms with E-state index in [0.29, 0.717) is 6.42 Å². The minimum Gasteiger partial charge on any atom is -0.373 e. The van der Waals surface area contributed by atoms with Crippen LogP contribution in [-0.4, -0.2) is 25.0 Å². The molecular weight excluding hydrogens is 190 g/mol. The van der Waals surface area contributed by atoms with Crippen LogP contribution in [0.1, 0.15) is 17.7 Å². The molecule has 0 saturated heterocycles. The summed E-state index contributed by atoms with van der Waals surface area (Å²) in [6.07, 6.45) is 1.26. The summed E-state index contributed by atoms with van der Waals surface area (Å²) in [5.41, 5.74) is 2.10. The second-order valence-corrected chi connectivity index (χ2v) is 3.43. The first-order chi connectivity index (χ1) is 7.15. The average molecular weight is 207 g/mol. The van der Waals surface area contributed by atoms with Crippen molar-refractivity contribution in [3.8, 4) is 0 Å². The maximum atomic E-state index is 11.1. The normalized spacial score (nSPS) is 9.80. The molecule has 4 heteroatoms. The number of rotatable bonds is 4. The van der Waals surface area contributed by atoms with E-state index in [0.717, 1.165) is 23.5 Å². The van der Waals surface area contributed by atoms with Crippen molar-refractivity contribution in [2.75, 3.05) is 19.4 Å². The van der Waals surface area contributed by atoms with Gasteiger partial charge in [0.05, 0.1) is 0 Å². The van der Waals surface area contributed by atoms with Crippen LogP contribution < -0.4 is 10.6 Å². The number of nitrogens with zero attached hydrogens (tertiary/aromatic N) is 1. The summed E-state index contributed by atoms with van der Waals surface area (Å²) in [7, 11) is 3.49.